The lowest BCUT2D eigenvalue weighted by Crippen LogP contribution is -2.46. The van der Waals surface area contributed by atoms with E-state index < -0.39 is 10.0 Å². The van der Waals surface area contributed by atoms with Gasteiger partial charge < -0.3 is 5.73 Å². The van der Waals surface area contributed by atoms with Crippen molar-refractivity contribution in [1.82, 2.24) is 4.31 Å². The molecule has 2 rings (SSSR count). The highest BCUT2D eigenvalue weighted by atomic mass is 32.2. The number of benzene rings is 1. The molecule has 5 heteroatoms. The first kappa shape index (κ1) is 13.5. The highest BCUT2D eigenvalue weighted by Gasteiger charge is 2.27. The molecule has 0 bridgehead atoms. The zero-order chi connectivity index (χ0) is 13.2. The van der Waals surface area contributed by atoms with Crippen LogP contribution in [-0.2, 0) is 15.8 Å². The molecule has 1 heterocycles. The quantitative estimate of drug-likeness (QED) is 0.897. The van der Waals surface area contributed by atoms with Crippen LogP contribution in [0.1, 0.15) is 24.0 Å². The van der Waals surface area contributed by atoms with Crippen LogP contribution in [0.4, 0.5) is 0 Å². The van der Waals surface area contributed by atoms with Crippen LogP contribution in [0.25, 0.3) is 0 Å². The van der Waals surface area contributed by atoms with E-state index in [-0.39, 0.29) is 11.8 Å². The molecule has 1 unspecified atom stereocenters. The predicted octanol–water partition coefficient (Wildman–Crippen LogP) is 1.25. The van der Waals surface area contributed by atoms with Crippen molar-refractivity contribution in [3.63, 3.8) is 0 Å². The Morgan fingerprint density at radius 3 is 2.89 bits per heavy atom. The van der Waals surface area contributed by atoms with Gasteiger partial charge in [-0.15, -0.1) is 0 Å². The summed E-state index contributed by atoms with van der Waals surface area (Å²) in [5, 5.41) is 0. The molecule has 1 aliphatic rings. The highest BCUT2D eigenvalue weighted by Crippen LogP contribution is 2.17. The van der Waals surface area contributed by atoms with E-state index in [0.29, 0.717) is 13.1 Å². The van der Waals surface area contributed by atoms with Crippen LogP contribution in [0.15, 0.2) is 24.3 Å². The smallest absolute Gasteiger partial charge is 0.218 e. The van der Waals surface area contributed by atoms with E-state index in [2.05, 4.69) is 0 Å². The predicted molar refractivity (Wildman–Crippen MR) is 72.6 cm³/mol. The molecule has 0 amide bonds. The van der Waals surface area contributed by atoms with E-state index in [4.69, 9.17) is 5.73 Å². The van der Waals surface area contributed by atoms with Gasteiger partial charge in [-0.2, -0.15) is 0 Å². The summed E-state index contributed by atoms with van der Waals surface area (Å²) in [7, 11) is -3.23. The molecule has 0 aromatic heterocycles. The number of aryl methyl sites for hydroxylation is 1. The van der Waals surface area contributed by atoms with Gasteiger partial charge in [-0.25, -0.2) is 12.7 Å². The molecule has 0 radical (unpaired) electrons. The van der Waals surface area contributed by atoms with E-state index in [9.17, 15) is 8.42 Å². The lowest BCUT2D eigenvalue weighted by molar-refractivity contribution is 0.316. The molecule has 1 saturated heterocycles. The minimum Gasteiger partial charge on any atom is -0.327 e. The third kappa shape index (κ3) is 3.31. The van der Waals surface area contributed by atoms with Crippen molar-refractivity contribution in [1.29, 1.82) is 0 Å². The Balaban J connectivity index is 2.11. The van der Waals surface area contributed by atoms with Crippen LogP contribution in [-0.4, -0.2) is 31.9 Å². The Morgan fingerprint density at radius 2 is 2.22 bits per heavy atom. The minimum atomic E-state index is -3.23. The van der Waals surface area contributed by atoms with Crippen molar-refractivity contribution in [3.05, 3.63) is 35.4 Å². The fraction of sp³-hybridized carbons (Fsp3) is 0.538. The van der Waals surface area contributed by atoms with Gasteiger partial charge >= 0.3 is 0 Å². The van der Waals surface area contributed by atoms with Gasteiger partial charge in [0.25, 0.3) is 0 Å². The van der Waals surface area contributed by atoms with Crippen LogP contribution in [0.2, 0.25) is 0 Å². The van der Waals surface area contributed by atoms with Crippen molar-refractivity contribution in [2.75, 3.05) is 13.1 Å². The first-order chi connectivity index (χ1) is 8.47. The molecule has 2 N–H and O–H groups in total. The molecule has 0 saturated carbocycles. The third-order valence-corrected chi connectivity index (χ3v) is 5.06. The largest absolute Gasteiger partial charge is 0.327 e. The van der Waals surface area contributed by atoms with Gasteiger partial charge in [0.05, 0.1) is 5.75 Å². The lowest BCUT2D eigenvalue weighted by atomic mass is 10.1. The fourth-order valence-corrected chi connectivity index (χ4v) is 3.94. The highest BCUT2D eigenvalue weighted by molar-refractivity contribution is 7.88. The summed E-state index contributed by atoms with van der Waals surface area (Å²) in [6, 6.07) is 7.61. The van der Waals surface area contributed by atoms with Gasteiger partial charge in [0.2, 0.25) is 10.0 Å². The summed E-state index contributed by atoms with van der Waals surface area (Å²) in [6.07, 6.45) is 1.77. The molecular weight excluding hydrogens is 248 g/mol. The van der Waals surface area contributed by atoms with Crippen LogP contribution < -0.4 is 5.73 Å². The van der Waals surface area contributed by atoms with E-state index in [1.807, 2.05) is 31.2 Å². The first-order valence-corrected chi connectivity index (χ1v) is 7.87. The van der Waals surface area contributed by atoms with Gasteiger partial charge in [0.15, 0.2) is 0 Å². The van der Waals surface area contributed by atoms with E-state index in [1.165, 1.54) is 4.31 Å². The van der Waals surface area contributed by atoms with Crippen LogP contribution in [0.3, 0.4) is 0 Å². The lowest BCUT2D eigenvalue weighted by Gasteiger charge is -2.29. The maximum absolute atomic E-state index is 12.3. The average Bonchev–Trinajstić information content (AvgIpc) is 2.28. The SMILES string of the molecule is Cc1cccc(CS(=O)(=O)N2CCCC(N)C2)c1. The van der Waals surface area contributed by atoms with Gasteiger partial charge in [-0.3, -0.25) is 0 Å². The summed E-state index contributed by atoms with van der Waals surface area (Å²) in [6.45, 7) is 3.02. The standard InChI is InChI=1S/C13H20N2O2S/c1-11-4-2-5-12(8-11)10-18(16,17)15-7-3-6-13(14)9-15/h2,4-5,8,13H,3,6-7,9-10,14H2,1H3. The number of rotatable bonds is 3. The molecular formula is C13H20N2O2S. The molecule has 1 aromatic carbocycles. The molecule has 4 nitrogen and oxygen atoms in total. The summed E-state index contributed by atoms with van der Waals surface area (Å²) < 4.78 is 26.1. The number of hydrogen-bond donors (Lipinski definition) is 1. The molecule has 1 aromatic rings. The van der Waals surface area contributed by atoms with Crippen molar-refractivity contribution < 1.29 is 8.42 Å². The second kappa shape index (κ2) is 5.38. The molecule has 0 spiro atoms. The first-order valence-electron chi connectivity index (χ1n) is 6.26. The molecule has 18 heavy (non-hydrogen) atoms. The van der Waals surface area contributed by atoms with Crippen LogP contribution >= 0.6 is 0 Å². The number of hydrogen-bond acceptors (Lipinski definition) is 3. The van der Waals surface area contributed by atoms with Crippen LogP contribution in [0.5, 0.6) is 0 Å². The molecule has 1 fully saturated rings. The molecule has 100 valence electrons. The maximum atomic E-state index is 12.3. The third-order valence-electron chi connectivity index (χ3n) is 3.25. The Morgan fingerprint density at radius 1 is 1.44 bits per heavy atom. The fourth-order valence-electron chi connectivity index (χ4n) is 2.33. The number of nitrogens with zero attached hydrogens (tertiary/aromatic N) is 1. The van der Waals surface area contributed by atoms with Crippen molar-refractivity contribution in [3.8, 4) is 0 Å². The van der Waals surface area contributed by atoms with Gasteiger partial charge in [-0.1, -0.05) is 29.8 Å². The van der Waals surface area contributed by atoms with Crippen LogP contribution in [0, 0.1) is 6.92 Å². The summed E-state index contributed by atoms with van der Waals surface area (Å²) in [5.74, 6) is 0.0708. The maximum Gasteiger partial charge on any atom is 0.218 e. The summed E-state index contributed by atoms with van der Waals surface area (Å²) in [5.41, 5.74) is 7.76. The van der Waals surface area contributed by atoms with Crippen molar-refractivity contribution in [2.45, 2.75) is 31.6 Å². The van der Waals surface area contributed by atoms with E-state index in [0.717, 1.165) is 24.0 Å². The number of sulfonamides is 1. The summed E-state index contributed by atoms with van der Waals surface area (Å²) >= 11 is 0. The number of piperidine rings is 1. The second-order valence-electron chi connectivity index (χ2n) is 5.01. The average molecular weight is 268 g/mol. The topological polar surface area (TPSA) is 63.4 Å². The summed E-state index contributed by atoms with van der Waals surface area (Å²) in [4.78, 5) is 0. The van der Waals surface area contributed by atoms with Gasteiger partial charge in [-0.05, 0) is 25.3 Å². The molecule has 0 aliphatic carbocycles. The Labute approximate surface area is 109 Å². The Hall–Kier alpha value is -0.910. The Bertz CT molecular complexity index is 513. The van der Waals surface area contributed by atoms with Crippen molar-refractivity contribution in [2.24, 2.45) is 5.73 Å². The van der Waals surface area contributed by atoms with E-state index >= 15 is 0 Å². The normalized spacial score (nSPS) is 22.0. The second-order valence-corrected chi connectivity index (χ2v) is 6.97. The number of nitrogens with two attached hydrogens (primary N) is 1. The van der Waals surface area contributed by atoms with Gasteiger partial charge in [0.1, 0.15) is 0 Å². The zero-order valence-electron chi connectivity index (χ0n) is 10.7. The Kier molecular flexibility index (Phi) is 4.04. The van der Waals surface area contributed by atoms with Crippen molar-refractivity contribution >= 4 is 10.0 Å². The van der Waals surface area contributed by atoms with E-state index in [1.54, 1.807) is 0 Å². The molecule has 1 aliphatic heterocycles. The zero-order valence-corrected chi connectivity index (χ0v) is 11.5. The monoisotopic (exact) mass is 268 g/mol. The van der Waals surface area contributed by atoms with Gasteiger partial charge in [0, 0.05) is 19.1 Å². The molecule has 1 atom stereocenters. The minimum absolute atomic E-state index is 0.0222.